The van der Waals surface area contributed by atoms with Crippen LogP contribution in [0.2, 0.25) is 0 Å². The molecule has 180 valence electrons. The number of para-hydroxylation sites is 1. The molecule has 0 amide bonds. The third-order valence-corrected chi connectivity index (χ3v) is 6.32. The van der Waals surface area contributed by atoms with Crippen molar-refractivity contribution in [1.82, 2.24) is 15.5 Å². The molecule has 1 heterocycles. The first-order chi connectivity index (χ1) is 15.6. The SMILES string of the molecule is CN=C(NCc1cccc(OC)c1OC1CCCC1)NC1CCN(CCOC(C)C)CC1. The number of hydrogen-bond donors (Lipinski definition) is 2. The van der Waals surface area contributed by atoms with Gasteiger partial charge < -0.3 is 29.7 Å². The van der Waals surface area contributed by atoms with Crippen molar-refractivity contribution in [3.63, 3.8) is 0 Å². The minimum absolute atomic E-state index is 0.290. The van der Waals surface area contributed by atoms with E-state index in [1.165, 1.54) is 12.8 Å². The molecular formula is C25H42N4O3. The zero-order chi connectivity index (χ0) is 22.8. The zero-order valence-corrected chi connectivity index (χ0v) is 20.4. The van der Waals surface area contributed by atoms with Crippen LogP contribution in [0.25, 0.3) is 0 Å². The van der Waals surface area contributed by atoms with E-state index in [1.807, 2.05) is 19.2 Å². The van der Waals surface area contributed by atoms with Crippen molar-refractivity contribution in [2.24, 2.45) is 4.99 Å². The van der Waals surface area contributed by atoms with Crippen LogP contribution in [0.3, 0.4) is 0 Å². The Morgan fingerprint density at radius 2 is 1.91 bits per heavy atom. The van der Waals surface area contributed by atoms with Crippen LogP contribution >= 0.6 is 0 Å². The third-order valence-electron chi connectivity index (χ3n) is 6.32. The summed E-state index contributed by atoms with van der Waals surface area (Å²) in [6.45, 7) is 8.82. The van der Waals surface area contributed by atoms with Crippen LogP contribution in [0, 0.1) is 0 Å². The largest absolute Gasteiger partial charge is 0.493 e. The highest BCUT2D eigenvalue weighted by molar-refractivity contribution is 5.80. The molecule has 2 N–H and O–H groups in total. The number of rotatable bonds is 10. The van der Waals surface area contributed by atoms with Gasteiger partial charge in [0.15, 0.2) is 17.5 Å². The molecule has 0 radical (unpaired) electrons. The normalized spacial score (nSPS) is 18.8. The first-order valence-corrected chi connectivity index (χ1v) is 12.2. The summed E-state index contributed by atoms with van der Waals surface area (Å²) in [5.41, 5.74) is 1.10. The molecule has 0 aromatic heterocycles. The first kappa shape index (κ1) is 24.6. The lowest BCUT2D eigenvalue weighted by atomic mass is 10.1. The molecule has 2 aliphatic rings. The molecule has 1 aliphatic carbocycles. The Bertz CT molecular complexity index is 711. The summed E-state index contributed by atoms with van der Waals surface area (Å²) in [7, 11) is 3.53. The Balaban J connectivity index is 1.48. The average molecular weight is 447 g/mol. The van der Waals surface area contributed by atoms with Gasteiger partial charge in [-0.25, -0.2) is 0 Å². The number of guanidine groups is 1. The Morgan fingerprint density at radius 1 is 1.16 bits per heavy atom. The van der Waals surface area contributed by atoms with Gasteiger partial charge in [0.2, 0.25) is 0 Å². The minimum atomic E-state index is 0.290. The highest BCUT2D eigenvalue weighted by Crippen LogP contribution is 2.34. The van der Waals surface area contributed by atoms with Crippen molar-refractivity contribution in [3.05, 3.63) is 23.8 Å². The average Bonchev–Trinajstić information content (AvgIpc) is 3.31. The smallest absolute Gasteiger partial charge is 0.191 e. The summed E-state index contributed by atoms with van der Waals surface area (Å²) < 4.78 is 17.6. The minimum Gasteiger partial charge on any atom is -0.493 e. The maximum Gasteiger partial charge on any atom is 0.191 e. The molecule has 1 saturated heterocycles. The van der Waals surface area contributed by atoms with Crippen LogP contribution in [0.4, 0.5) is 0 Å². The number of aliphatic imine (C=N–C) groups is 1. The maximum absolute atomic E-state index is 6.36. The van der Waals surface area contributed by atoms with Crippen LogP contribution in [0.1, 0.15) is 57.9 Å². The van der Waals surface area contributed by atoms with E-state index in [2.05, 4.69) is 40.4 Å². The lowest BCUT2D eigenvalue weighted by Gasteiger charge is -2.33. The lowest BCUT2D eigenvalue weighted by molar-refractivity contribution is 0.0532. The van der Waals surface area contributed by atoms with Gasteiger partial charge in [-0.2, -0.15) is 0 Å². The highest BCUT2D eigenvalue weighted by Gasteiger charge is 2.22. The number of benzene rings is 1. The molecule has 3 rings (SSSR count). The second-order valence-electron chi connectivity index (χ2n) is 9.08. The molecule has 7 nitrogen and oxygen atoms in total. The van der Waals surface area contributed by atoms with E-state index < -0.39 is 0 Å². The lowest BCUT2D eigenvalue weighted by Crippen LogP contribution is -2.49. The van der Waals surface area contributed by atoms with Crippen molar-refractivity contribution in [2.45, 2.75) is 77.2 Å². The van der Waals surface area contributed by atoms with Gasteiger partial charge in [-0.1, -0.05) is 12.1 Å². The van der Waals surface area contributed by atoms with E-state index in [0.29, 0.717) is 24.8 Å². The number of nitrogens with zero attached hydrogens (tertiary/aromatic N) is 2. The summed E-state index contributed by atoms with van der Waals surface area (Å²) in [4.78, 5) is 6.94. The van der Waals surface area contributed by atoms with E-state index in [9.17, 15) is 0 Å². The standard InChI is InChI=1S/C25H42N4O3/c1-19(2)31-17-16-29-14-12-21(13-15-29)28-25(26-3)27-18-20-8-7-11-23(30-4)24(20)32-22-9-5-6-10-22/h7-8,11,19,21-22H,5-6,9-10,12-18H2,1-4H3,(H2,26,27,28). The van der Waals surface area contributed by atoms with E-state index in [0.717, 1.165) is 74.9 Å². The van der Waals surface area contributed by atoms with Gasteiger partial charge in [-0.3, -0.25) is 4.99 Å². The van der Waals surface area contributed by atoms with Gasteiger partial charge in [0.1, 0.15) is 0 Å². The number of likely N-dealkylation sites (tertiary alicyclic amines) is 1. The maximum atomic E-state index is 6.36. The van der Waals surface area contributed by atoms with E-state index >= 15 is 0 Å². The van der Waals surface area contributed by atoms with Gasteiger partial charge in [-0.05, 0) is 58.4 Å². The van der Waals surface area contributed by atoms with E-state index in [1.54, 1.807) is 7.11 Å². The summed E-state index contributed by atoms with van der Waals surface area (Å²) >= 11 is 0. The Labute approximate surface area is 193 Å². The fourth-order valence-corrected chi connectivity index (χ4v) is 4.45. The molecule has 0 unspecified atom stereocenters. The summed E-state index contributed by atoms with van der Waals surface area (Å²) in [5.74, 6) is 2.50. The van der Waals surface area contributed by atoms with Crippen molar-refractivity contribution in [2.75, 3.05) is 40.4 Å². The molecule has 32 heavy (non-hydrogen) atoms. The van der Waals surface area contributed by atoms with Gasteiger partial charge in [0, 0.05) is 44.8 Å². The number of methoxy groups -OCH3 is 1. The van der Waals surface area contributed by atoms with Crippen molar-refractivity contribution >= 4 is 5.96 Å². The second kappa shape index (κ2) is 12.9. The van der Waals surface area contributed by atoms with Gasteiger partial charge >= 0.3 is 0 Å². The molecule has 1 aliphatic heterocycles. The molecular weight excluding hydrogens is 404 g/mol. The van der Waals surface area contributed by atoms with Gasteiger partial charge in [0.05, 0.1) is 25.9 Å². The molecule has 0 bridgehead atoms. The van der Waals surface area contributed by atoms with Crippen LogP contribution in [0.15, 0.2) is 23.2 Å². The first-order valence-electron chi connectivity index (χ1n) is 12.2. The molecule has 7 heteroatoms. The highest BCUT2D eigenvalue weighted by atomic mass is 16.5. The summed E-state index contributed by atoms with van der Waals surface area (Å²) in [5, 5.41) is 7.08. The number of hydrogen-bond acceptors (Lipinski definition) is 5. The molecule has 0 atom stereocenters. The Morgan fingerprint density at radius 3 is 2.56 bits per heavy atom. The molecule has 0 spiro atoms. The number of piperidine rings is 1. The van der Waals surface area contributed by atoms with Crippen molar-refractivity contribution in [1.29, 1.82) is 0 Å². The zero-order valence-electron chi connectivity index (χ0n) is 20.4. The predicted molar refractivity (Wildman–Crippen MR) is 130 cm³/mol. The van der Waals surface area contributed by atoms with E-state index in [-0.39, 0.29) is 0 Å². The molecule has 1 aromatic carbocycles. The fraction of sp³-hybridized carbons (Fsp3) is 0.720. The van der Waals surface area contributed by atoms with Gasteiger partial charge in [0.25, 0.3) is 0 Å². The fourth-order valence-electron chi connectivity index (χ4n) is 4.45. The van der Waals surface area contributed by atoms with Gasteiger partial charge in [-0.15, -0.1) is 0 Å². The third kappa shape index (κ3) is 7.55. The summed E-state index contributed by atoms with van der Waals surface area (Å²) in [6, 6.07) is 6.53. The van der Waals surface area contributed by atoms with E-state index in [4.69, 9.17) is 14.2 Å². The second-order valence-corrected chi connectivity index (χ2v) is 9.08. The Hall–Kier alpha value is -1.99. The topological polar surface area (TPSA) is 67.4 Å². The van der Waals surface area contributed by atoms with Crippen LogP contribution in [-0.4, -0.2) is 69.5 Å². The van der Waals surface area contributed by atoms with Crippen LogP contribution in [-0.2, 0) is 11.3 Å². The molecule has 1 aromatic rings. The van der Waals surface area contributed by atoms with Crippen molar-refractivity contribution in [3.8, 4) is 11.5 Å². The molecule has 1 saturated carbocycles. The van der Waals surface area contributed by atoms with Crippen molar-refractivity contribution < 1.29 is 14.2 Å². The number of nitrogens with one attached hydrogen (secondary N) is 2. The molecule has 2 fully saturated rings. The van der Waals surface area contributed by atoms with Crippen LogP contribution in [0.5, 0.6) is 11.5 Å². The van der Waals surface area contributed by atoms with Crippen LogP contribution < -0.4 is 20.1 Å². The monoisotopic (exact) mass is 446 g/mol. The predicted octanol–water partition coefficient (Wildman–Crippen LogP) is 3.57. The summed E-state index contributed by atoms with van der Waals surface area (Å²) in [6.07, 6.45) is 7.54. The number of ether oxygens (including phenoxy) is 3. The Kier molecular flexibility index (Phi) is 9.93. The quantitative estimate of drug-likeness (QED) is 0.423.